The highest BCUT2D eigenvalue weighted by Gasteiger charge is 1.97. The molecule has 0 unspecified atom stereocenters. The predicted octanol–water partition coefficient (Wildman–Crippen LogP) is 5.33. The lowest BCUT2D eigenvalue weighted by Crippen LogP contribution is -1.95. The van der Waals surface area contributed by atoms with Crippen LogP contribution in [0, 0.1) is 0 Å². The molecule has 0 aliphatic heterocycles. The number of benzene rings is 2. The Morgan fingerprint density at radius 3 is 2.33 bits per heavy atom. The zero-order valence-corrected chi connectivity index (χ0v) is 12.4. The van der Waals surface area contributed by atoms with Crippen LogP contribution in [0.2, 0.25) is 0 Å². The molecule has 0 fully saturated rings. The normalized spacial score (nSPS) is 10.7. The quantitative estimate of drug-likeness (QED) is 0.468. The summed E-state index contributed by atoms with van der Waals surface area (Å²) in [6, 6.07) is 18.6. The molecule has 0 atom stereocenters. The van der Waals surface area contributed by atoms with E-state index in [0.717, 1.165) is 18.6 Å². The zero-order chi connectivity index (χ0) is 14.8. The van der Waals surface area contributed by atoms with Gasteiger partial charge in [0.05, 0.1) is 0 Å². The third kappa shape index (κ3) is 5.70. The van der Waals surface area contributed by atoms with E-state index in [4.69, 9.17) is 4.74 Å². The van der Waals surface area contributed by atoms with Crippen molar-refractivity contribution in [2.45, 2.75) is 25.9 Å². The van der Waals surface area contributed by atoms with Crippen molar-refractivity contribution >= 4 is 0 Å². The van der Waals surface area contributed by atoms with Crippen LogP contribution < -0.4 is 4.74 Å². The third-order valence-electron chi connectivity index (χ3n) is 3.28. The summed E-state index contributed by atoms with van der Waals surface area (Å²) in [5.41, 5.74) is 2.58. The molecule has 1 nitrogen and oxygen atoms in total. The van der Waals surface area contributed by atoms with Crippen molar-refractivity contribution < 1.29 is 4.74 Å². The van der Waals surface area contributed by atoms with Crippen molar-refractivity contribution in [1.29, 1.82) is 0 Å². The molecule has 2 aromatic carbocycles. The van der Waals surface area contributed by atoms with Gasteiger partial charge in [0.1, 0.15) is 12.4 Å². The summed E-state index contributed by atoms with van der Waals surface area (Å²) in [6.07, 6.45) is 9.37. The van der Waals surface area contributed by atoms with Crippen LogP contribution in [0.3, 0.4) is 0 Å². The topological polar surface area (TPSA) is 9.23 Å². The first-order valence-electron chi connectivity index (χ1n) is 7.42. The highest BCUT2D eigenvalue weighted by molar-refractivity contribution is 5.24. The van der Waals surface area contributed by atoms with Gasteiger partial charge in [0, 0.05) is 0 Å². The lowest BCUT2D eigenvalue weighted by Gasteiger charge is -2.07. The summed E-state index contributed by atoms with van der Waals surface area (Å²) >= 11 is 0. The van der Waals surface area contributed by atoms with Gasteiger partial charge in [-0.3, -0.25) is 0 Å². The number of hydrogen-bond donors (Lipinski definition) is 0. The molecule has 2 aromatic rings. The second-order valence-corrected chi connectivity index (χ2v) is 4.97. The van der Waals surface area contributed by atoms with E-state index in [1.807, 2.05) is 42.5 Å². The smallest absolute Gasteiger partial charge is 0.119 e. The van der Waals surface area contributed by atoms with Crippen LogP contribution in [0.25, 0.3) is 0 Å². The molecule has 2 rings (SSSR count). The van der Waals surface area contributed by atoms with Crippen molar-refractivity contribution in [2.75, 3.05) is 0 Å². The van der Waals surface area contributed by atoms with Gasteiger partial charge in [-0.1, -0.05) is 67.3 Å². The van der Waals surface area contributed by atoms with Crippen molar-refractivity contribution in [3.05, 3.63) is 90.5 Å². The van der Waals surface area contributed by atoms with Gasteiger partial charge in [0.25, 0.3) is 0 Å². The van der Waals surface area contributed by atoms with Crippen molar-refractivity contribution in [1.82, 2.24) is 0 Å². The number of allylic oxidation sites excluding steroid dienone is 3. The number of ether oxygens (including phenoxy) is 1. The summed E-state index contributed by atoms with van der Waals surface area (Å²) in [4.78, 5) is 0. The van der Waals surface area contributed by atoms with Gasteiger partial charge >= 0.3 is 0 Å². The molecule has 0 heterocycles. The number of aryl methyl sites for hydroxylation is 1. The van der Waals surface area contributed by atoms with E-state index in [1.54, 1.807) is 0 Å². The minimum Gasteiger partial charge on any atom is -0.489 e. The Bertz CT molecular complexity index is 552. The number of unbranched alkanes of at least 4 members (excludes halogenated alkanes) is 1. The lowest BCUT2D eigenvalue weighted by molar-refractivity contribution is 0.306. The standard InChI is InChI=1S/C20H22O/c1-2-3-4-5-7-10-18-13-15-19(16-14-18)17-21-20-11-8-6-9-12-20/h2-4,6,8-9,11-16H,1,5,7,10,17H2. The molecular weight excluding hydrogens is 256 g/mol. The van der Waals surface area contributed by atoms with Crippen LogP contribution in [0.4, 0.5) is 0 Å². The number of hydrogen-bond acceptors (Lipinski definition) is 1. The molecule has 0 spiro atoms. The van der Waals surface area contributed by atoms with Crippen LogP contribution in [-0.2, 0) is 13.0 Å². The number of para-hydroxylation sites is 1. The molecule has 0 saturated heterocycles. The van der Waals surface area contributed by atoms with Crippen LogP contribution in [0.15, 0.2) is 79.4 Å². The second kappa shape index (κ2) is 8.80. The van der Waals surface area contributed by atoms with Crippen molar-refractivity contribution in [2.24, 2.45) is 0 Å². The van der Waals surface area contributed by atoms with E-state index in [-0.39, 0.29) is 0 Å². The van der Waals surface area contributed by atoms with Crippen LogP contribution in [0.5, 0.6) is 5.75 Å². The highest BCUT2D eigenvalue weighted by Crippen LogP contribution is 2.13. The van der Waals surface area contributed by atoms with E-state index in [1.165, 1.54) is 17.5 Å². The molecular formula is C20H22O. The van der Waals surface area contributed by atoms with Gasteiger partial charge in [0.2, 0.25) is 0 Å². The zero-order valence-electron chi connectivity index (χ0n) is 12.4. The first-order valence-corrected chi connectivity index (χ1v) is 7.42. The monoisotopic (exact) mass is 278 g/mol. The maximum atomic E-state index is 5.74. The molecule has 1 heteroatoms. The van der Waals surface area contributed by atoms with Gasteiger partial charge in [0.15, 0.2) is 0 Å². The summed E-state index contributed by atoms with van der Waals surface area (Å²) in [5.74, 6) is 0.913. The Morgan fingerprint density at radius 2 is 1.62 bits per heavy atom. The first kappa shape index (κ1) is 15.1. The summed E-state index contributed by atoms with van der Waals surface area (Å²) in [5, 5.41) is 0. The van der Waals surface area contributed by atoms with Crippen LogP contribution in [-0.4, -0.2) is 0 Å². The minimum absolute atomic E-state index is 0.617. The Labute approximate surface area is 127 Å². The van der Waals surface area contributed by atoms with Gasteiger partial charge in [-0.15, -0.1) is 0 Å². The molecule has 21 heavy (non-hydrogen) atoms. The Hall–Kier alpha value is -2.28. The largest absolute Gasteiger partial charge is 0.489 e. The average molecular weight is 278 g/mol. The molecule has 0 aromatic heterocycles. The molecule has 0 bridgehead atoms. The van der Waals surface area contributed by atoms with E-state index in [0.29, 0.717) is 6.61 Å². The van der Waals surface area contributed by atoms with E-state index in [2.05, 4.69) is 36.9 Å². The minimum atomic E-state index is 0.617. The fourth-order valence-electron chi connectivity index (χ4n) is 2.10. The fourth-order valence-corrected chi connectivity index (χ4v) is 2.10. The van der Waals surface area contributed by atoms with E-state index < -0.39 is 0 Å². The van der Waals surface area contributed by atoms with Gasteiger partial charge in [-0.2, -0.15) is 0 Å². The molecule has 0 aliphatic carbocycles. The fraction of sp³-hybridized carbons (Fsp3) is 0.200. The van der Waals surface area contributed by atoms with Crippen LogP contribution in [0.1, 0.15) is 24.0 Å². The maximum Gasteiger partial charge on any atom is 0.119 e. The Morgan fingerprint density at radius 1 is 0.905 bits per heavy atom. The van der Waals surface area contributed by atoms with Crippen LogP contribution >= 0.6 is 0 Å². The lowest BCUT2D eigenvalue weighted by atomic mass is 10.1. The highest BCUT2D eigenvalue weighted by atomic mass is 16.5. The van der Waals surface area contributed by atoms with Gasteiger partial charge < -0.3 is 4.74 Å². The number of rotatable bonds is 8. The van der Waals surface area contributed by atoms with Gasteiger partial charge in [-0.25, -0.2) is 0 Å². The van der Waals surface area contributed by atoms with Crippen molar-refractivity contribution in [3.63, 3.8) is 0 Å². The molecule has 108 valence electrons. The molecule has 0 amide bonds. The summed E-state index contributed by atoms with van der Waals surface area (Å²) < 4.78 is 5.74. The van der Waals surface area contributed by atoms with E-state index >= 15 is 0 Å². The second-order valence-electron chi connectivity index (χ2n) is 4.97. The SMILES string of the molecule is C=CC=CCCCc1ccc(COc2ccccc2)cc1. The Balaban J connectivity index is 1.76. The molecule has 0 aliphatic rings. The third-order valence-corrected chi connectivity index (χ3v) is 3.28. The average Bonchev–Trinajstić information content (AvgIpc) is 2.55. The first-order chi connectivity index (χ1) is 10.4. The summed E-state index contributed by atoms with van der Waals surface area (Å²) in [7, 11) is 0. The summed E-state index contributed by atoms with van der Waals surface area (Å²) in [6.45, 7) is 4.28. The molecule has 0 radical (unpaired) electrons. The molecule has 0 saturated carbocycles. The maximum absolute atomic E-state index is 5.74. The predicted molar refractivity (Wildman–Crippen MR) is 89.5 cm³/mol. The van der Waals surface area contributed by atoms with Gasteiger partial charge in [-0.05, 0) is 42.5 Å². The molecule has 0 N–H and O–H groups in total. The van der Waals surface area contributed by atoms with Crippen molar-refractivity contribution in [3.8, 4) is 5.75 Å². The Kier molecular flexibility index (Phi) is 6.34. The van der Waals surface area contributed by atoms with E-state index in [9.17, 15) is 0 Å².